The largest absolute Gasteiger partial charge is 0.467 e. The SMILES string of the molecule is COC(=O)COC1C(=O)C=CN=C1C. The Bertz CT molecular complexity index is 306. The second kappa shape index (κ2) is 4.66. The van der Waals surface area contributed by atoms with Crippen molar-refractivity contribution in [3.05, 3.63) is 12.3 Å². The van der Waals surface area contributed by atoms with Crippen molar-refractivity contribution in [2.24, 2.45) is 4.99 Å². The number of hydrogen-bond donors (Lipinski definition) is 0. The predicted molar refractivity (Wildman–Crippen MR) is 49.0 cm³/mol. The van der Waals surface area contributed by atoms with Gasteiger partial charge in [-0.15, -0.1) is 0 Å². The molecule has 0 bridgehead atoms. The zero-order valence-corrected chi connectivity index (χ0v) is 8.02. The van der Waals surface area contributed by atoms with Gasteiger partial charge in [-0.2, -0.15) is 0 Å². The van der Waals surface area contributed by atoms with E-state index in [0.717, 1.165) is 0 Å². The first-order valence-corrected chi connectivity index (χ1v) is 4.08. The Morgan fingerprint density at radius 3 is 2.93 bits per heavy atom. The molecule has 1 aliphatic heterocycles. The smallest absolute Gasteiger partial charge is 0.331 e. The van der Waals surface area contributed by atoms with Crippen LogP contribution in [0.1, 0.15) is 6.92 Å². The molecular weight excluding hydrogens is 186 g/mol. The lowest BCUT2D eigenvalue weighted by Crippen LogP contribution is -2.33. The minimum absolute atomic E-state index is 0.207. The highest BCUT2D eigenvalue weighted by molar-refractivity contribution is 6.13. The zero-order valence-electron chi connectivity index (χ0n) is 8.02. The second-order valence-electron chi connectivity index (χ2n) is 2.76. The van der Waals surface area contributed by atoms with E-state index in [1.165, 1.54) is 19.4 Å². The van der Waals surface area contributed by atoms with Gasteiger partial charge in [0.25, 0.3) is 0 Å². The minimum atomic E-state index is -0.751. The monoisotopic (exact) mass is 197 g/mol. The molecule has 0 radical (unpaired) electrons. The number of aliphatic imine (C=N–C) groups is 1. The molecule has 0 amide bonds. The molecule has 0 aromatic carbocycles. The summed E-state index contributed by atoms with van der Waals surface area (Å²) < 4.78 is 9.43. The molecule has 1 aliphatic rings. The summed E-state index contributed by atoms with van der Waals surface area (Å²) >= 11 is 0. The van der Waals surface area contributed by atoms with Gasteiger partial charge in [0, 0.05) is 12.3 Å². The molecule has 0 aromatic rings. The van der Waals surface area contributed by atoms with Gasteiger partial charge in [-0.25, -0.2) is 4.79 Å². The summed E-state index contributed by atoms with van der Waals surface area (Å²) in [6.07, 6.45) is 1.98. The van der Waals surface area contributed by atoms with Gasteiger partial charge >= 0.3 is 5.97 Å². The van der Waals surface area contributed by atoms with Crippen LogP contribution in [0.15, 0.2) is 17.3 Å². The molecule has 0 N–H and O–H groups in total. The molecule has 1 unspecified atom stereocenters. The molecule has 0 saturated heterocycles. The average molecular weight is 197 g/mol. The van der Waals surface area contributed by atoms with Crippen LogP contribution in [0, 0.1) is 0 Å². The predicted octanol–water partition coefficient (Wildman–Crippen LogP) is 0.102. The Morgan fingerprint density at radius 1 is 1.64 bits per heavy atom. The maximum absolute atomic E-state index is 11.3. The van der Waals surface area contributed by atoms with E-state index in [1.807, 2.05) is 0 Å². The summed E-state index contributed by atoms with van der Waals surface area (Å²) in [6.45, 7) is 1.43. The zero-order chi connectivity index (χ0) is 10.6. The Kier molecular flexibility index (Phi) is 3.53. The van der Waals surface area contributed by atoms with Gasteiger partial charge in [0.05, 0.1) is 12.8 Å². The average Bonchev–Trinajstić information content (AvgIpc) is 2.16. The number of esters is 1. The van der Waals surface area contributed by atoms with Gasteiger partial charge in [-0.3, -0.25) is 9.79 Å². The quantitative estimate of drug-likeness (QED) is 0.602. The van der Waals surface area contributed by atoms with E-state index < -0.39 is 12.1 Å². The van der Waals surface area contributed by atoms with E-state index >= 15 is 0 Å². The van der Waals surface area contributed by atoms with E-state index in [1.54, 1.807) is 6.92 Å². The first-order valence-electron chi connectivity index (χ1n) is 4.08. The minimum Gasteiger partial charge on any atom is -0.467 e. The van der Waals surface area contributed by atoms with Crippen molar-refractivity contribution < 1.29 is 19.1 Å². The standard InChI is InChI=1S/C9H11NO4/c1-6-9(7(11)3-4-10-6)14-5-8(12)13-2/h3-4,9H,5H2,1-2H3. The van der Waals surface area contributed by atoms with Crippen LogP contribution in [0.2, 0.25) is 0 Å². The fourth-order valence-corrected chi connectivity index (χ4v) is 1.00. The van der Waals surface area contributed by atoms with Crippen molar-refractivity contribution in [1.82, 2.24) is 0 Å². The molecule has 5 nitrogen and oxygen atoms in total. The van der Waals surface area contributed by atoms with Crippen LogP contribution in [0.3, 0.4) is 0 Å². The Balaban J connectivity index is 2.52. The van der Waals surface area contributed by atoms with Crippen LogP contribution in [0.5, 0.6) is 0 Å². The number of carbonyl (C=O) groups is 2. The first-order chi connectivity index (χ1) is 6.65. The molecule has 0 fully saturated rings. The lowest BCUT2D eigenvalue weighted by molar-refractivity contribution is -0.147. The molecule has 1 heterocycles. The first kappa shape index (κ1) is 10.6. The number of rotatable bonds is 3. The summed E-state index contributed by atoms with van der Waals surface area (Å²) in [7, 11) is 1.26. The lowest BCUT2D eigenvalue weighted by Gasteiger charge is -2.15. The van der Waals surface area contributed by atoms with Crippen LogP contribution in [0.4, 0.5) is 0 Å². The number of nitrogens with zero attached hydrogens (tertiary/aromatic N) is 1. The van der Waals surface area contributed by atoms with Crippen molar-refractivity contribution in [1.29, 1.82) is 0 Å². The van der Waals surface area contributed by atoms with E-state index in [4.69, 9.17) is 4.74 Å². The van der Waals surface area contributed by atoms with E-state index in [0.29, 0.717) is 5.71 Å². The normalized spacial score (nSPS) is 20.6. The molecule has 0 saturated carbocycles. The van der Waals surface area contributed by atoms with Crippen LogP contribution >= 0.6 is 0 Å². The molecule has 0 spiro atoms. The third-order valence-corrected chi connectivity index (χ3v) is 1.75. The third kappa shape index (κ3) is 2.50. The van der Waals surface area contributed by atoms with Crippen molar-refractivity contribution in [3.63, 3.8) is 0 Å². The molecule has 0 aromatic heterocycles. The van der Waals surface area contributed by atoms with Gasteiger partial charge in [0.1, 0.15) is 6.61 Å². The van der Waals surface area contributed by atoms with Gasteiger partial charge in [0.15, 0.2) is 11.9 Å². The van der Waals surface area contributed by atoms with E-state index in [9.17, 15) is 9.59 Å². The Labute approximate surface area is 81.4 Å². The summed E-state index contributed by atoms with van der Waals surface area (Å²) in [4.78, 5) is 25.9. The molecule has 14 heavy (non-hydrogen) atoms. The molecular formula is C9H11NO4. The summed E-state index contributed by atoms with van der Waals surface area (Å²) in [5.41, 5.74) is 0.543. The highest BCUT2D eigenvalue weighted by atomic mass is 16.6. The van der Waals surface area contributed by atoms with Gasteiger partial charge < -0.3 is 9.47 Å². The van der Waals surface area contributed by atoms with E-state index in [-0.39, 0.29) is 12.4 Å². The summed E-state index contributed by atoms with van der Waals surface area (Å²) in [5.74, 6) is -0.721. The maximum Gasteiger partial charge on any atom is 0.331 e. The van der Waals surface area contributed by atoms with Crippen LogP contribution in [0.25, 0.3) is 0 Å². The van der Waals surface area contributed by atoms with Crippen molar-refractivity contribution in [2.75, 3.05) is 13.7 Å². The lowest BCUT2D eigenvalue weighted by atomic mass is 10.1. The molecule has 76 valence electrons. The van der Waals surface area contributed by atoms with Gasteiger partial charge in [-0.05, 0) is 6.92 Å². The Morgan fingerprint density at radius 2 is 2.36 bits per heavy atom. The third-order valence-electron chi connectivity index (χ3n) is 1.75. The fourth-order valence-electron chi connectivity index (χ4n) is 1.00. The van der Waals surface area contributed by atoms with Crippen LogP contribution in [-0.4, -0.2) is 37.3 Å². The fraction of sp³-hybridized carbons (Fsp3) is 0.444. The summed E-state index contributed by atoms with van der Waals surface area (Å²) in [5, 5.41) is 0. The maximum atomic E-state index is 11.3. The number of ketones is 1. The molecule has 1 rings (SSSR count). The summed E-state index contributed by atoms with van der Waals surface area (Å²) in [6, 6.07) is 0. The molecule has 5 heteroatoms. The second-order valence-corrected chi connectivity index (χ2v) is 2.76. The van der Waals surface area contributed by atoms with Crippen molar-refractivity contribution in [3.8, 4) is 0 Å². The number of hydrogen-bond acceptors (Lipinski definition) is 5. The van der Waals surface area contributed by atoms with Crippen molar-refractivity contribution in [2.45, 2.75) is 13.0 Å². The topological polar surface area (TPSA) is 65.0 Å². The molecule has 1 atom stereocenters. The van der Waals surface area contributed by atoms with Gasteiger partial charge in [-0.1, -0.05) is 0 Å². The van der Waals surface area contributed by atoms with Crippen molar-refractivity contribution >= 4 is 17.5 Å². The number of carbonyl (C=O) groups excluding carboxylic acids is 2. The van der Waals surface area contributed by atoms with E-state index in [2.05, 4.69) is 9.73 Å². The highest BCUT2D eigenvalue weighted by Crippen LogP contribution is 2.05. The Hall–Kier alpha value is -1.49. The highest BCUT2D eigenvalue weighted by Gasteiger charge is 2.23. The molecule has 0 aliphatic carbocycles. The number of ether oxygens (including phenoxy) is 2. The van der Waals surface area contributed by atoms with Crippen LogP contribution < -0.4 is 0 Å². The van der Waals surface area contributed by atoms with Gasteiger partial charge in [0.2, 0.25) is 0 Å². The number of methoxy groups -OCH3 is 1. The van der Waals surface area contributed by atoms with Crippen LogP contribution in [-0.2, 0) is 19.1 Å².